The molecular weight excluding hydrogens is 319 g/mol. The number of ether oxygens (including phenoxy) is 1. The number of allylic oxidation sites excluding steroid dienone is 1. The quantitative estimate of drug-likeness (QED) is 0.183. The molecule has 0 radical (unpaired) electrons. The van der Waals surface area contributed by atoms with E-state index in [1.165, 1.54) is 26.4 Å². The van der Waals surface area contributed by atoms with Crippen LogP contribution in [0.15, 0.2) is 11.3 Å². The minimum Gasteiger partial charge on any atom is -0.512 e. The van der Waals surface area contributed by atoms with Gasteiger partial charge in [0.15, 0.2) is 0 Å². The summed E-state index contributed by atoms with van der Waals surface area (Å²) >= 11 is 2.06. The highest BCUT2D eigenvalue weighted by molar-refractivity contribution is 14.1. The van der Waals surface area contributed by atoms with E-state index in [0.717, 1.165) is 12.8 Å². The van der Waals surface area contributed by atoms with Gasteiger partial charge in [-0.25, -0.2) is 4.79 Å². The summed E-state index contributed by atoms with van der Waals surface area (Å²) in [7, 11) is 1.34. The van der Waals surface area contributed by atoms with E-state index in [1.54, 1.807) is 0 Å². The van der Waals surface area contributed by atoms with Crippen LogP contribution in [0.25, 0.3) is 0 Å². The average Bonchev–Trinajstić information content (AvgIpc) is 2.29. The van der Waals surface area contributed by atoms with Crippen LogP contribution in [0.5, 0.6) is 0 Å². The monoisotopic (exact) mass is 340 g/mol. The molecule has 0 atom stereocenters. The third kappa shape index (κ3) is 6.35. The van der Waals surface area contributed by atoms with Crippen molar-refractivity contribution in [3.8, 4) is 0 Å². The Morgan fingerprint density at radius 1 is 1.25 bits per heavy atom. The number of rotatable bonds is 8. The van der Waals surface area contributed by atoms with Crippen LogP contribution in [0.2, 0.25) is 0 Å². The number of methoxy groups -OCH3 is 1. The SMILES string of the molecule is CCCCCCC/C(O)=C(/CI)C(=O)OC. The standard InChI is InChI=1S/C12H21IO3/c1-3-4-5-6-7-8-11(14)10(9-13)12(15)16-2/h14H,3-9H2,1-2H3/b11-10+. The first-order valence-electron chi connectivity index (χ1n) is 5.72. The van der Waals surface area contributed by atoms with Crippen LogP contribution < -0.4 is 0 Å². The lowest BCUT2D eigenvalue weighted by Gasteiger charge is -2.06. The van der Waals surface area contributed by atoms with Gasteiger partial charge in [0.25, 0.3) is 0 Å². The van der Waals surface area contributed by atoms with E-state index in [9.17, 15) is 9.90 Å². The Labute approximate surface area is 111 Å². The molecule has 94 valence electrons. The molecule has 0 saturated heterocycles. The number of carbonyl (C=O) groups excluding carboxylic acids is 1. The first-order chi connectivity index (χ1) is 7.67. The van der Waals surface area contributed by atoms with Gasteiger partial charge in [0, 0.05) is 10.8 Å². The first-order valence-corrected chi connectivity index (χ1v) is 7.25. The lowest BCUT2D eigenvalue weighted by molar-refractivity contribution is -0.136. The van der Waals surface area contributed by atoms with E-state index in [-0.39, 0.29) is 5.76 Å². The van der Waals surface area contributed by atoms with Crippen molar-refractivity contribution >= 4 is 28.6 Å². The van der Waals surface area contributed by atoms with Crippen molar-refractivity contribution in [1.82, 2.24) is 0 Å². The van der Waals surface area contributed by atoms with Gasteiger partial charge in [0.2, 0.25) is 0 Å². The number of halogens is 1. The summed E-state index contributed by atoms with van der Waals surface area (Å²) in [6.07, 6.45) is 6.26. The van der Waals surface area contributed by atoms with Crippen LogP contribution in [-0.4, -0.2) is 22.6 Å². The van der Waals surface area contributed by atoms with E-state index in [0.29, 0.717) is 16.4 Å². The highest BCUT2D eigenvalue weighted by Crippen LogP contribution is 2.15. The average molecular weight is 340 g/mol. The molecule has 0 aromatic carbocycles. The van der Waals surface area contributed by atoms with Gasteiger partial charge in [-0.05, 0) is 6.42 Å². The third-order valence-electron chi connectivity index (χ3n) is 2.43. The van der Waals surface area contributed by atoms with Gasteiger partial charge in [-0.15, -0.1) is 0 Å². The van der Waals surface area contributed by atoms with Gasteiger partial charge >= 0.3 is 5.97 Å². The molecule has 4 heteroatoms. The number of alkyl halides is 1. The molecule has 0 aromatic rings. The third-order valence-corrected chi connectivity index (χ3v) is 3.19. The Balaban J connectivity index is 4.03. The summed E-state index contributed by atoms with van der Waals surface area (Å²) in [6.45, 7) is 2.17. The molecule has 0 amide bonds. The molecule has 0 saturated carbocycles. The van der Waals surface area contributed by atoms with E-state index in [4.69, 9.17) is 0 Å². The van der Waals surface area contributed by atoms with Crippen LogP contribution in [0.4, 0.5) is 0 Å². The fourth-order valence-corrected chi connectivity index (χ4v) is 2.17. The van der Waals surface area contributed by atoms with E-state index >= 15 is 0 Å². The van der Waals surface area contributed by atoms with Crippen LogP contribution in [0, 0.1) is 0 Å². The zero-order valence-corrected chi connectivity index (χ0v) is 12.2. The number of carbonyl (C=O) groups is 1. The molecule has 0 bridgehead atoms. The fraction of sp³-hybridized carbons (Fsp3) is 0.750. The molecule has 0 aliphatic heterocycles. The summed E-state index contributed by atoms with van der Waals surface area (Å²) < 4.78 is 5.10. The van der Waals surface area contributed by atoms with Gasteiger partial charge in [-0.1, -0.05) is 55.2 Å². The van der Waals surface area contributed by atoms with Crippen molar-refractivity contribution in [2.24, 2.45) is 0 Å². The van der Waals surface area contributed by atoms with Gasteiger partial charge in [0.05, 0.1) is 12.7 Å². The summed E-state index contributed by atoms with van der Waals surface area (Å²) in [6, 6.07) is 0. The Morgan fingerprint density at radius 2 is 1.88 bits per heavy atom. The Kier molecular flexibility index (Phi) is 9.77. The normalized spacial score (nSPS) is 12.2. The zero-order valence-electron chi connectivity index (χ0n) is 10.1. The summed E-state index contributed by atoms with van der Waals surface area (Å²) in [4.78, 5) is 11.3. The summed E-state index contributed by atoms with van der Waals surface area (Å²) in [5, 5.41) is 9.74. The molecule has 0 aliphatic carbocycles. The number of aliphatic hydroxyl groups excluding tert-OH is 1. The second kappa shape index (κ2) is 9.93. The Morgan fingerprint density at radius 3 is 2.38 bits per heavy atom. The number of hydrogen-bond donors (Lipinski definition) is 1. The number of aliphatic hydroxyl groups is 1. The van der Waals surface area contributed by atoms with Crippen LogP contribution >= 0.6 is 22.6 Å². The number of hydrogen-bond acceptors (Lipinski definition) is 3. The molecule has 3 nitrogen and oxygen atoms in total. The summed E-state index contributed by atoms with van der Waals surface area (Å²) in [5.41, 5.74) is 0.401. The molecule has 0 aromatic heterocycles. The van der Waals surface area contributed by atoms with E-state index < -0.39 is 5.97 Å². The lowest BCUT2D eigenvalue weighted by atomic mass is 10.1. The highest BCUT2D eigenvalue weighted by Gasteiger charge is 2.13. The van der Waals surface area contributed by atoms with E-state index in [1.807, 2.05) is 0 Å². The topological polar surface area (TPSA) is 46.5 Å². The lowest BCUT2D eigenvalue weighted by Crippen LogP contribution is -2.09. The highest BCUT2D eigenvalue weighted by atomic mass is 127. The first kappa shape index (κ1) is 15.7. The van der Waals surface area contributed by atoms with Crippen molar-refractivity contribution in [3.05, 3.63) is 11.3 Å². The second-order valence-electron chi connectivity index (χ2n) is 3.71. The molecule has 0 fully saturated rings. The molecule has 16 heavy (non-hydrogen) atoms. The van der Waals surface area contributed by atoms with Gasteiger partial charge < -0.3 is 9.84 Å². The molecular formula is C12H21IO3. The van der Waals surface area contributed by atoms with Gasteiger partial charge in [-0.3, -0.25) is 0 Å². The maximum atomic E-state index is 11.3. The molecule has 1 N–H and O–H groups in total. The molecule has 0 unspecified atom stereocenters. The maximum Gasteiger partial charge on any atom is 0.337 e. The van der Waals surface area contributed by atoms with Crippen molar-refractivity contribution < 1.29 is 14.6 Å². The largest absolute Gasteiger partial charge is 0.512 e. The molecule has 0 aliphatic rings. The van der Waals surface area contributed by atoms with Crippen LogP contribution in [0.3, 0.4) is 0 Å². The van der Waals surface area contributed by atoms with Gasteiger partial charge in [-0.2, -0.15) is 0 Å². The Hall–Kier alpha value is -0.260. The second-order valence-corrected chi connectivity index (χ2v) is 4.48. The predicted octanol–water partition coefficient (Wildman–Crippen LogP) is 3.77. The predicted molar refractivity (Wildman–Crippen MR) is 73.9 cm³/mol. The van der Waals surface area contributed by atoms with Gasteiger partial charge in [0.1, 0.15) is 5.76 Å². The Bertz CT molecular complexity index is 236. The maximum absolute atomic E-state index is 11.3. The molecule has 0 rings (SSSR count). The molecule has 0 heterocycles. The van der Waals surface area contributed by atoms with Crippen LogP contribution in [-0.2, 0) is 9.53 Å². The van der Waals surface area contributed by atoms with Crippen molar-refractivity contribution in [2.45, 2.75) is 45.4 Å². The van der Waals surface area contributed by atoms with Crippen molar-refractivity contribution in [3.63, 3.8) is 0 Å². The smallest absolute Gasteiger partial charge is 0.337 e. The zero-order chi connectivity index (χ0) is 12.4. The van der Waals surface area contributed by atoms with Crippen LogP contribution in [0.1, 0.15) is 45.4 Å². The fourth-order valence-electron chi connectivity index (χ4n) is 1.42. The van der Waals surface area contributed by atoms with Crippen molar-refractivity contribution in [1.29, 1.82) is 0 Å². The number of unbranched alkanes of at least 4 members (excludes halogenated alkanes) is 4. The summed E-state index contributed by atoms with van der Waals surface area (Å²) in [5.74, 6) is -0.224. The molecule has 0 spiro atoms. The number of esters is 1. The van der Waals surface area contributed by atoms with Crippen molar-refractivity contribution in [2.75, 3.05) is 11.5 Å². The minimum absolute atomic E-state index is 0.192. The van der Waals surface area contributed by atoms with E-state index in [2.05, 4.69) is 34.3 Å². The minimum atomic E-state index is -0.416.